The predicted molar refractivity (Wildman–Crippen MR) is 116 cm³/mol. The topological polar surface area (TPSA) is 97.5 Å². The highest BCUT2D eigenvalue weighted by Crippen LogP contribution is 2.28. The average Bonchev–Trinajstić information content (AvgIpc) is 2.74. The van der Waals surface area contributed by atoms with Crippen molar-refractivity contribution in [3.63, 3.8) is 0 Å². The van der Waals surface area contributed by atoms with E-state index in [1.54, 1.807) is 12.1 Å². The molecule has 2 heterocycles. The third-order valence-corrected chi connectivity index (χ3v) is 5.18. The maximum Gasteiger partial charge on any atom is 0.248 e. The average molecular weight is 404 g/mol. The molecule has 2 amide bonds. The molecule has 0 aliphatic carbocycles. The van der Waals surface area contributed by atoms with Crippen LogP contribution in [0.2, 0.25) is 0 Å². The van der Waals surface area contributed by atoms with Gasteiger partial charge in [0, 0.05) is 48.8 Å². The highest BCUT2D eigenvalue weighted by Gasteiger charge is 2.15. The van der Waals surface area contributed by atoms with Crippen molar-refractivity contribution in [3.05, 3.63) is 59.7 Å². The van der Waals surface area contributed by atoms with Gasteiger partial charge < -0.3 is 15.8 Å². The van der Waals surface area contributed by atoms with E-state index in [1.807, 2.05) is 30.3 Å². The van der Waals surface area contributed by atoms with Crippen molar-refractivity contribution in [1.29, 1.82) is 0 Å². The summed E-state index contributed by atoms with van der Waals surface area (Å²) in [6.07, 6.45) is 0. The van der Waals surface area contributed by atoms with Gasteiger partial charge in [-0.2, -0.15) is 0 Å². The van der Waals surface area contributed by atoms with E-state index in [0.717, 1.165) is 66.3 Å². The number of anilines is 1. The zero-order valence-electron chi connectivity index (χ0n) is 16.9. The number of aromatic nitrogens is 1. The van der Waals surface area contributed by atoms with E-state index in [-0.39, 0.29) is 5.91 Å². The fraction of sp³-hybridized carbons (Fsp3) is 0.261. The van der Waals surface area contributed by atoms with Crippen LogP contribution in [0.15, 0.2) is 48.5 Å². The standard InChI is InChI=1S/C23H24N4O3/c1-15(28)25-19-5-2-16(3-6-19)21-13-18(14-27-8-10-30-11-9-27)20-7-4-17(23(24)29)12-22(20)26-21/h2-7,12-13H,8-11,14H2,1H3,(H2,24,29)(H,25,28). The molecule has 0 atom stereocenters. The number of nitrogens with two attached hydrogens (primary N) is 1. The van der Waals surface area contributed by atoms with Crippen LogP contribution in [0.1, 0.15) is 22.8 Å². The van der Waals surface area contributed by atoms with E-state index in [9.17, 15) is 9.59 Å². The van der Waals surface area contributed by atoms with Crippen molar-refractivity contribution in [2.45, 2.75) is 13.5 Å². The first-order chi connectivity index (χ1) is 14.5. The lowest BCUT2D eigenvalue weighted by Crippen LogP contribution is -2.35. The van der Waals surface area contributed by atoms with Crippen LogP contribution in [-0.2, 0) is 16.1 Å². The smallest absolute Gasteiger partial charge is 0.248 e. The van der Waals surface area contributed by atoms with Crippen molar-refractivity contribution in [2.24, 2.45) is 5.73 Å². The largest absolute Gasteiger partial charge is 0.379 e. The third kappa shape index (κ3) is 4.48. The number of amides is 2. The SMILES string of the molecule is CC(=O)Nc1ccc(-c2cc(CN3CCOCC3)c3ccc(C(N)=O)cc3n2)cc1. The van der Waals surface area contributed by atoms with Gasteiger partial charge in [0.2, 0.25) is 11.8 Å². The highest BCUT2D eigenvalue weighted by atomic mass is 16.5. The molecular weight excluding hydrogens is 380 g/mol. The predicted octanol–water partition coefficient (Wildman–Crippen LogP) is 2.79. The number of ether oxygens (including phenoxy) is 1. The lowest BCUT2D eigenvalue weighted by molar-refractivity contribution is -0.114. The second kappa shape index (κ2) is 8.61. The molecule has 7 heteroatoms. The van der Waals surface area contributed by atoms with E-state index in [1.165, 1.54) is 6.92 Å². The van der Waals surface area contributed by atoms with Crippen LogP contribution in [0.4, 0.5) is 5.69 Å². The van der Waals surface area contributed by atoms with Crippen LogP contribution in [0.25, 0.3) is 22.2 Å². The lowest BCUT2D eigenvalue weighted by atomic mass is 10.0. The lowest BCUT2D eigenvalue weighted by Gasteiger charge is -2.27. The summed E-state index contributed by atoms with van der Waals surface area (Å²) < 4.78 is 5.46. The monoisotopic (exact) mass is 404 g/mol. The number of fused-ring (bicyclic) bond motifs is 1. The Bertz CT molecular complexity index is 1090. The van der Waals surface area contributed by atoms with Crippen LogP contribution in [0, 0.1) is 0 Å². The van der Waals surface area contributed by atoms with Gasteiger partial charge in [-0.25, -0.2) is 4.98 Å². The summed E-state index contributed by atoms with van der Waals surface area (Å²) in [4.78, 5) is 30.1. The Morgan fingerprint density at radius 2 is 1.83 bits per heavy atom. The Hall–Kier alpha value is -3.29. The van der Waals surface area contributed by atoms with Gasteiger partial charge in [0.1, 0.15) is 0 Å². The van der Waals surface area contributed by atoms with E-state index in [4.69, 9.17) is 15.5 Å². The molecule has 4 rings (SSSR count). The second-order valence-corrected chi connectivity index (χ2v) is 7.41. The Balaban J connectivity index is 1.76. The van der Waals surface area contributed by atoms with Gasteiger partial charge in [0.05, 0.1) is 24.4 Å². The molecule has 1 aliphatic heterocycles. The number of morpholine rings is 1. The number of hydrogen-bond donors (Lipinski definition) is 2. The van der Waals surface area contributed by atoms with Crippen molar-refractivity contribution in [1.82, 2.24) is 9.88 Å². The number of nitrogens with zero attached hydrogens (tertiary/aromatic N) is 2. The number of hydrogen-bond acceptors (Lipinski definition) is 5. The molecule has 2 aromatic carbocycles. The Morgan fingerprint density at radius 3 is 2.50 bits per heavy atom. The molecular formula is C23H24N4O3. The van der Waals surface area contributed by atoms with Crippen LogP contribution < -0.4 is 11.1 Å². The number of carbonyl (C=O) groups is 2. The normalized spacial score (nSPS) is 14.6. The number of nitrogens with one attached hydrogen (secondary N) is 1. The molecule has 3 N–H and O–H groups in total. The van der Waals surface area contributed by atoms with E-state index in [0.29, 0.717) is 5.56 Å². The second-order valence-electron chi connectivity index (χ2n) is 7.41. The molecule has 1 saturated heterocycles. The van der Waals surface area contributed by atoms with Gasteiger partial charge in [-0.05, 0) is 35.9 Å². The summed E-state index contributed by atoms with van der Waals surface area (Å²) in [7, 11) is 0. The number of pyridine rings is 1. The fourth-order valence-electron chi connectivity index (χ4n) is 3.66. The maximum atomic E-state index is 11.7. The van der Waals surface area contributed by atoms with Crippen molar-refractivity contribution in [3.8, 4) is 11.3 Å². The van der Waals surface area contributed by atoms with Gasteiger partial charge in [-0.1, -0.05) is 18.2 Å². The molecule has 0 radical (unpaired) electrons. The molecule has 0 saturated carbocycles. The minimum Gasteiger partial charge on any atom is -0.379 e. The van der Waals surface area contributed by atoms with Gasteiger partial charge in [0.25, 0.3) is 0 Å². The zero-order valence-corrected chi connectivity index (χ0v) is 16.9. The summed E-state index contributed by atoms with van der Waals surface area (Å²) in [5.41, 5.74) is 10.3. The highest BCUT2D eigenvalue weighted by molar-refractivity contribution is 5.97. The molecule has 0 bridgehead atoms. The molecule has 0 unspecified atom stereocenters. The minimum atomic E-state index is -0.474. The van der Waals surface area contributed by atoms with Gasteiger partial charge in [-0.3, -0.25) is 14.5 Å². The van der Waals surface area contributed by atoms with Gasteiger partial charge >= 0.3 is 0 Å². The minimum absolute atomic E-state index is 0.113. The summed E-state index contributed by atoms with van der Waals surface area (Å²) in [5.74, 6) is -0.586. The van der Waals surface area contributed by atoms with Crippen molar-refractivity contribution >= 4 is 28.4 Å². The first-order valence-electron chi connectivity index (χ1n) is 9.91. The van der Waals surface area contributed by atoms with Crippen LogP contribution >= 0.6 is 0 Å². The Kier molecular flexibility index (Phi) is 5.74. The zero-order chi connectivity index (χ0) is 21.1. The van der Waals surface area contributed by atoms with E-state index in [2.05, 4.69) is 16.3 Å². The number of benzene rings is 2. The van der Waals surface area contributed by atoms with E-state index < -0.39 is 5.91 Å². The molecule has 7 nitrogen and oxygen atoms in total. The van der Waals surface area contributed by atoms with Crippen molar-refractivity contribution in [2.75, 3.05) is 31.6 Å². The van der Waals surface area contributed by atoms with E-state index >= 15 is 0 Å². The molecule has 1 fully saturated rings. The number of rotatable bonds is 5. The fourth-order valence-corrected chi connectivity index (χ4v) is 3.66. The first kappa shape index (κ1) is 20.0. The van der Waals surface area contributed by atoms with Gasteiger partial charge in [-0.15, -0.1) is 0 Å². The van der Waals surface area contributed by atoms with Gasteiger partial charge in [0.15, 0.2) is 0 Å². The maximum absolute atomic E-state index is 11.7. The van der Waals surface area contributed by atoms with Crippen LogP contribution in [-0.4, -0.2) is 48.0 Å². The van der Waals surface area contributed by atoms with Crippen LogP contribution in [0.3, 0.4) is 0 Å². The molecule has 3 aromatic rings. The summed E-state index contributed by atoms with van der Waals surface area (Å²) in [6.45, 7) is 5.47. The summed E-state index contributed by atoms with van der Waals surface area (Å²) >= 11 is 0. The van der Waals surface area contributed by atoms with Crippen molar-refractivity contribution < 1.29 is 14.3 Å². The number of carbonyl (C=O) groups excluding carboxylic acids is 2. The third-order valence-electron chi connectivity index (χ3n) is 5.18. The Labute approximate surface area is 174 Å². The Morgan fingerprint density at radius 1 is 1.10 bits per heavy atom. The first-order valence-corrected chi connectivity index (χ1v) is 9.91. The molecule has 1 aliphatic rings. The molecule has 1 aromatic heterocycles. The molecule has 0 spiro atoms. The summed E-state index contributed by atoms with van der Waals surface area (Å²) in [5, 5.41) is 3.77. The van der Waals surface area contributed by atoms with Crippen LogP contribution in [0.5, 0.6) is 0 Å². The molecule has 30 heavy (non-hydrogen) atoms. The molecule has 154 valence electrons. The number of primary amides is 1. The summed E-state index contributed by atoms with van der Waals surface area (Å²) in [6, 6.07) is 15.1. The quantitative estimate of drug-likeness (QED) is 0.682.